The van der Waals surface area contributed by atoms with Crippen molar-refractivity contribution in [1.29, 1.82) is 5.26 Å². The quantitative estimate of drug-likeness (QED) is 0.860. The van der Waals surface area contributed by atoms with Crippen LogP contribution in [-0.4, -0.2) is 5.54 Å². The first-order valence-corrected chi connectivity index (χ1v) is 4.92. The van der Waals surface area contributed by atoms with Gasteiger partial charge in [-0.05, 0) is 31.5 Å². The lowest BCUT2D eigenvalue weighted by Gasteiger charge is -2.17. The van der Waals surface area contributed by atoms with Crippen molar-refractivity contribution in [3.8, 4) is 6.07 Å². The predicted molar refractivity (Wildman–Crippen MR) is 57.9 cm³/mol. The van der Waals surface area contributed by atoms with Crippen LogP contribution in [0, 0.1) is 17.1 Å². The fraction of sp³-hybridized carbons (Fsp3) is 0.364. The first kappa shape index (κ1) is 12.0. The Hall–Kier alpha value is -1.11. The monoisotopic (exact) mass is 226 g/mol. The minimum absolute atomic E-state index is 0.101. The first-order chi connectivity index (χ1) is 6.94. The Morgan fingerprint density at radius 3 is 2.73 bits per heavy atom. The van der Waals surface area contributed by atoms with Crippen molar-refractivity contribution < 1.29 is 4.39 Å². The van der Waals surface area contributed by atoms with Gasteiger partial charge in [-0.15, -0.1) is 0 Å². The van der Waals surface area contributed by atoms with Gasteiger partial charge in [0.15, 0.2) is 0 Å². The maximum atomic E-state index is 12.8. The maximum Gasteiger partial charge on any atom is 0.141 e. The lowest BCUT2D eigenvalue weighted by atomic mass is 10.1. The van der Waals surface area contributed by atoms with E-state index in [0.717, 1.165) is 5.56 Å². The zero-order valence-corrected chi connectivity index (χ0v) is 9.40. The second kappa shape index (κ2) is 4.61. The first-order valence-electron chi connectivity index (χ1n) is 4.55. The summed E-state index contributed by atoms with van der Waals surface area (Å²) in [6.45, 7) is 4.04. The molecular weight excluding hydrogens is 215 g/mol. The molecule has 2 nitrogen and oxygen atoms in total. The van der Waals surface area contributed by atoms with Crippen LogP contribution in [0.3, 0.4) is 0 Å². The minimum Gasteiger partial charge on any atom is -0.296 e. The Bertz CT molecular complexity index is 396. The van der Waals surface area contributed by atoms with Gasteiger partial charge in [0.25, 0.3) is 0 Å². The second-order valence-corrected chi connectivity index (χ2v) is 4.25. The third-order valence-corrected chi connectivity index (χ3v) is 2.29. The molecule has 0 saturated heterocycles. The van der Waals surface area contributed by atoms with E-state index in [2.05, 4.69) is 11.4 Å². The molecule has 0 aliphatic rings. The van der Waals surface area contributed by atoms with Crippen molar-refractivity contribution in [2.24, 2.45) is 0 Å². The number of halogens is 2. The lowest BCUT2D eigenvalue weighted by Crippen LogP contribution is -2.36. The van der Waals surface area contributed by atoms with Gasteiger partial charge in [-0.2, -0.15) is 5.26 Å². The highest BCUT2D eigenvalue weighted by Crippen LogP contribution is 2.16. The minimum atomic E-state index is -0.596. The molecule has 0 amide bonds. The van der Waals surface area contributed by atoms with E-state index in [0.29, 0.717) is 6.54 Å². The molecule has 0 atom stereocenters. The molecule has 1 rings (SSSR count). The summed E-state index contributed by atoms with van der Waals surface area (Å²) in [6, 6.07) is 6.63. The molecule has 0 aliphatic heterocycles. The van der Waals surface area contributed by atoms with E-state index in [1.54, 1.807) is 26.0 Å². The molecule has 0 heterocycles. The van der Waals surface area contributed by atoms with Crippen LogP contribution in [0.5, 0.6) is 0 Å². The molecular formula is C11H12ClFN2. The van der Waals surface area contributed by atoms with E-state index >= 15 is 0 Å². The topological polar surface area (TPSA) is 35.8 Å². The summed E-state index contributed by atoms with van der Waals surface area (Å²) in [4.78, 5) is 0. The van der Waals surface area contributed by atoms with Crippen LogP contribution in [0.25, 0.3) is 0 Å². The van der Waals surface area contributed by atoms with E-state index < -0.39 is 11.4 Å². The van der Waals surface area contributed by atoms with Crippen molar-refractivity contribution in [3.05, 3.63) is 34.6 Å². The van der Waals surface area contributed by atoms with Crippen LogP contribution in [-0.2, 0) is 6.54 Å². The maximum absolute atomic E-state index is 12.8. The van der Waals surface area contributed by atoms with Gasteiger partial charge in [0.05, 0.1) is 11.1 Å². The molecule has 0 aliphatic carbocycles. The van der Waals surface area contributed by atoms with Gasteiger partial charge in [0, 0.05) is 6.54 Å². The van der Waals surface area contributed by atoms with Crippen molar-refractivity contribution >= 4 is 11.6 Å². The molecule has 0 unspecified atom stereocenters. The summed E-state index contributed by atoms with van der Waals surface area (Å²) < 4.78 is 12.8. The molecule has 15 heavy (non-hydrogen) atoms. The molecule has 0 fully saturated rings. The number of nitriles is 1. The van der Waals surface area contributed by atoms with E-state index in [4.69, 9.17) is 16.9 Å². The summed E-state index contributed by atoms with van der Waals surface area (Å²) in [6.07, 6.45) is 0. The zero-order chi connectivity index (χ0) is 11.5. The molecule has 0 saturated carbocycles. The molecule has 4 heteroatoms. The van der Waals surface area contributed by atoms with Gasteiger partial charge in [0.2, 0.25) is 0 Å². The lowest BCUT2D eigenvalue weighted by molar-refractivity contribution is 0.485. The number of nitrogens with zero attached hydrogens (tertiary/aromatic N) is 1. The van der Waals surface area contributed by atoms with E-state index in [9.17, 15) is 4.39 Å². The second-order valence-electron chi connectivity index (χ2n) is 3.84. The molecule has 0 aromatic heterocycles. The molecule has 0 spiro atoms. The summed E-state index contributed by atoms with van der Waals surface area (Å²) in [5.41, 5.74) is 0.255. The van der Waals surface area contributed by atoms with E-state index in [-0.39, 0.29) is 5.02 Å². The van der Waals surface area contributed by atoms with Crippen LogP contribution < -0.4 is 5.32 Å². The van der Waals surface area contributed by atoms with Gasteiger partial charge in [-0.25, -0.2) is 4.39 Å². The summed E-state index contributed by atoms with van der Waals surface area (Å²) >= 11 is 5.63. The van der Waals surface area contributed by atoms with Crippen LogP contribution in [0.15, 0.2) is 18.2 Å². The van der Waals surface area contributed by atoms with Crippen molar-refractivity contribution in [2.45, 2.75) is 25.9 Å². The Kier molecular flexibility index (Phi) is 3.67. The highest BCUT2D eigenvalue weighted by Gasteiger charge is 2.14. The number of benzene rings is 1. The van der Waals surface area contributed by atoms with Gasteiger partial charge in [-0.1, -0.05) is 17.7 Å². The third kappa shape index (κ3) is 3.50. The van der Waals surface area contributed by atoms with E-state index in [1.165, 1.54) is 6.07 Å². The number of rotatable bonds is 3. The highest BCUT2D eigenvalue weighted by molar-refractivity contribution is 6.30. The average Bonchev–Trinajstić information content (AvgIpc) is 2.20. The SMILES string of the molecule is CC(C)(C#N)NCc1ccc(F)c(Cl)c1. The van der Waals surface area contributed by atoms with Crippen molar-refractivity contribution in [2.75, 3.05) is 0 Å². The van der Waals surface area contributed by atoms with Gasteiger partial charge in [-0.3, -0.25) is 5.32 Å². The molecule has 0 radical (unpaired) electrons. The largest absolute Gasteiger partial charge is 0.296 e. The summed E-state index contributed by atoms with van der Waals surface area (Å²) in [5.74, 6) is -0.431. The highest BCUT2D eigenvalue weighted by atomic mass is 35.5. The average molecular weight is 227 g/mol. The standard InChI is InChI=1S/C11H12ClFN2/c1-11(2,7-14)15-6-8-3-4-10(13)9(12)5-8/h3-5,15H,6H2,1-2H3. The molecule has 0 bridgehead atoms. The zero-order valence-electron chi connectivity index (χ0n) is 8.64. The summed E-state index contributed by atoms with van der Waals surface area (Å²) in [7, 11) is 0. The van der Waals surface area contributed by atoms with Gasteiger partial charge in [0.1, 0.15) is 11.4 Å². The van der Waals surface area contributed by atoms with Gasteiger partial charge < -0.3 is 0 Å². The number of nitrogens with one attached hydrogen (secondary N) is 1. The third-order valence-electron chi connectivity index (χ3n) is 2.00. The predicted octanol–water partition coefficient (Wildman–Crippen LogP) is 2.87. The Balaban J connectivity index is 2.67. The van der Waals surface area contributed by atoms with Crippen LogP contribution in [0.1, 0.15) is 19.4 Å². The Labute approximate surface area is 93.7 Å². The van der Waals surface area contributed by atoms with Crippen LogP contribution >= 0.6 is 11.6 Å². The number of hydrogen-bond donors (Lipinski definition) is 1. The molecule has 1 N–H and O–H groups in total. The van der Waals surface area contributed by atoms with E-state index in [1.807, 2.05) is 0 Å². The van der Waals surface area contributed by atoms with Crippen LogP contribution in [0.4, 0.5) is 4.39 Å². The van der Waals surface area contributed by atoms with Crippen molar-refractivity contribution in [3.63, 3.8) is 0 Å². The Morgan fingerprint density at radius 2 is 2.20 bits per heavy atom. The fourth-order valence-electron chi connectivity index (χ4n) is 1.01. The smallest absolute Gasteiger partial charge is 0.141 e. The van der Waals surface area contributed by atoms with Crippen molar-refractivity contribution in [1.82, 2.24) is 5.32 Å². The molecule has 1 aromatic carbocycles. The summed E-state index contributed by atoms with van der Waals surface area (Å²) in [5, 5.41) is 11.9. The Morgan fingerprint density at radius 1 is 1.53 bits per heavy atom. The molecule has 1 aromatic rings. The van der Waals surface area contributed by atoms with Crippen LogP contribution in [0.2, 0.25) is 5.02 Å². The normalized spacial score (nSPS) is 11.1. The van der Waals surface area contributed by atoms with Gasteiger partial charge >= 0.3 is 0 Å². The fourth-order valence-corrected chi connectivity index (χ4v) is 1.22. The number of hydrogen-bond acceptors (Lipinski definition) is 2. The molecule has 80 valence electrons.